The van der Waals surface area contributed by atoms with Crippen LogP contribution in [-0.4, -0.2) is 41.7 Å². The van der Waals surface area contributed by atoms with E-state index in [9.17, 15) is 9.59 Å². The average Bonchev–Trinajstić information content (AvgIpc) is 2.98. The zero-order chi connectivity index (χ0) is 19.6. The second-order valence-electron chi connectivity index (χ2n) is 7.64. The van der Waals surface area contributed by atoms with E-state index in [0.717, 1.165) is 18.2 Å². The molecule has 2 heterocycles. The number of halogens is 1. The van der Waals surface area contributed by atoms with Gasteiger partial charge in [-0.2, -0.15) is 0 Å². The maximum atomic E-state index is 12.4. The standard InChI is InChI=1S/C19H24ClN3O4/c1-19(2,3)27-18(25)21-14-6-8-23(9-7-14)22-17(24)16-11-12-10-13(20)4-5-15(12)26-16/h4-5,10-11,14H,6-9H2,1-3H3,(H,21,25)(H,22,24). The highest BCUT2D eigenvalue weighted by Gasteiger charge is 2.25. The summed E-state index contributed by atoms with van der Waals surface area (Å²) in [5.41, 5.74) is 2.94. The van der Waals surface area contributed by atoms with Crippen LogP contribution >= 0.6 is 11.6 Å². The maximum Gasteiger partial charge on any atom is 0.407 e. The minimum atomic E-state index is -0.518. The van der Waals surface area contributed by atoms with Crippen molar-refractivity contribution in [1.82, 2.24) is 15.8 Å². The van der Waals surface area contributed by atoms with E-state index < -0.39 is 11.7 Å². The zero-order valence-electron chi connectivity index (χ0n) is 15.7. The van der Waals surface area contributed by atoms with E-state index in [2.05, 4.69) is 10.7 Å². The van der Waals surface area contributed by atoms with Crippen LogP contribution in [0.3, 0.4) is 0 Å². The third-order valence-electron chi connectivity index (χ3n) is 4.18. The van der Waals surface area contributed by atoms with Crippen molar-refractivity contribution in [2.75, 3.05) is 13.1 Å². The van der Waals surface area contributed by atoms with Crippen LogP contribution in [0.5, 0.6) is 0 Å². The summed E-state index contributed by atoms with van der Waals surface area (Å²) >= 11 is 5.96. The third kappa shape index (κ3) is 5.37. The summed E-state index contributed by atoms with van der Waals surface area (Å²) in [5, 5.41) is 6.08. The normalized spacial score (nSPS) is 16.3. The van der Waals surface area contributed by atoms with E-state index in [1.807, 2.05) is 25.8 Å². The fraction of sp³-hybridized carbons (Fsp3) is 0.474. The van der Waals surface area contributed by atoms with Crippen LogP contribution in [0.4, 0.5) is 4.79 Å². The Labute approximate surface area is 162 Å². The highest BCUT2D eigenvalue weighted by atomic mass is 35.5. The summed E-state index contributed by atoms with van der Waals surface area (Å²) in [7, 11) is 0. The van der Waals surface area contributed by atoms with E-state index in [0.29, 0.717) is 23.7 Å². The molecule has 2 N–H and O–H groups in total. The van der Waals surface area contributed by atoms with Gasteiger partial charge < -0.3 is 14.5 Å². The van der Waals surface area contributed by atoms with Crippen LogP contribution in [0.15, 0.2) is 28.7 Å². The van der Waals surface area contributed by atoms with E-state index in [1.54, 1.807) is 24.3 Å². The van der Waals surface area contributed by atoms with Gasteiger partial charge in [0.1, 0.15) is 11.2 Å². The summed E-state index contributed by atoms with van der Waals surface area (Å²) in [6.45, 7) is 6.74. The smallest absolute Gasteiger partial charge is 0.407 e. The first kappa shape index (κ1) is 19.5. The lowest BCUT2D eigenvalue weighted by Crippen LogP contribution is -2.51. The third-order valence-corrected chi connectivity index (χ3v) is 4.41. The van der Waals surface area contributed by atoms with Crippen LogP contribution in [0.1, 0.15) is 44.2 Å². The number of alkyl carbamates (subject to hydrolysis) is 1. The number of nitrogens with zero attached hydrogens (tertiary/aromatic N) is 1. The number of nitrogens with one attached hydrogen (secondary N) is 2. The van der Waals surface area contributed by atoms with Gasteiger partial charge in [0, 0.05) is 29.5 Å². The molecule has 0 radical (unpaired) electrons. The van der Waals surface area contributed by atoms with Crippen molar-refractivity contribution < 1.29 is 18.7 Å². The van der Waals surface area contributed by atoms with Crippen molar-refractivity contribution in [2.45, 2.75) is 45.3 Å². The Morgan fingerprint density at radius 3 is 2.59 bits per heavy atom. The number of carbonyl (C=O) groups is 2. The van der Waals surface area contributed by atoms with Gasteiger partial charge in [0.15, 0.2) is 5.76 Å². The van der Waals surface area contributed by atoms with Crippen LogP contribution in [-0.2, 0) is 4.74 Å². The minimum Gasteiger partial charge on any atom is -0.451 e. The SMILES string of the molecule is CC(C)(C)OC(=O)NC1CCN(NC(=O)c2cc3cc(Cl)ccc3o2)CC1. The van der Waals surface area contributed by atoms with E-state index in [4.69, 9.17) is 20.8 Å². The highest BCUT2D eigenvalue weighted by Crippen LogP contribution is 2.23. The Morgan fingerprint density at radius 1 is 1.22 bits per heavy atom. The second-order valence-corrected chi connectivity index (χ2v) is 8.08. The summed E-state index contributed by atoms with van der Waals surface area (Å²) in [5.74, 6) is -0.0675. The van der Waals surface area contributed by atoms with Crippen molar-refractivity contribution in [1.29, 1.82) is 0 Å². The van der Waals surface area contributed by atoms with Gasteiger partial charge >= 0.3 is 12.0 Å². The molecule has 1 aromatic heterocycles. The zero-order valence-corrected chi connectivity index (χ0v) is 16.4. The second kappa shape index (κ2) is 7.78. The molecule has 0 atom stereocenters. The first-order chi connectivity index (χ1) is 12.7. The predicted molar refractivity (Wildman–Crippen MR) is 103 cm³/mol. The molecule has 7 nitrogen and oxygen atoms in total. The van der Waals surface area contributed by atoms with E-state index in [-0.39, 0.29) is 17.7 Å². The molecule has 3 rings (SSSR count). The minimum absolute atomic E-state index is 0.0290. The number of ether oxygens (including phenoxy) is 1. The molecule has 2 aromatic rings. The van der Waals surface area contributed by atoms with Gasteiger partial charge in [-0.1, -0.05) is 11.6 Å². The number of hydrogen-bond donors (Lipinski definition) is 2. The molecular formula is C19H24ClN3O4. The van der Waals surface area contributed by atoms with Crippen molar-refractivity contribution in [2.24, 2.45) is 0 Å². The molecule has 8 heteroatoms. The fourth-order valence-electron chi connectivity index (χ4n) is 2.93. The molecule has 2 amide bonds. The van der Waals surface area contributed by atoms with Crippen LogP contribution in [0.25, 0.3) is 11.0 Å². The molecule has 1 aromatic carbocycles. The topological polar surface area (TPSA) is 83.8 Å². The van der Waals surface area contributed by atoms with Gasteiger partial charge in [0.25, 0.3) is 0 Å². The Kier molecular flexibility index (Phi) is 5.62. The largest absolute Gasteiger partial charge is 0.451 e. The Hall–Kier alpha value is -2.25. The maximum absolute atomic E-state index is 12.4. The molecule has 1 aliphatic heterocycles. The molecule has 1 saturated heterocycles. The number of fused-ring (bicyclic) bond motifs is 1. The molecule has 0 unspecified atom stereocenters. The summed E-state index contributed by atoms with van der Waals surface area (Å²) < 4.78 is 10.8. The van der Waals surface area contributed by atoms with Crippen molar-refractivity contribution in [3.63, 3.8) is 0 Å². The molecule has 0 bridgehead atoms. The number of carbonyl (C=O) groups excluding carboxylic acids is 2. The number of hydrazine groups is 1. The van der Waals surface area contributed by atoms with Gasteiger partial charge in [-0.25, -0.2) is 9.80 Å². The molecule has 1 fully saturated rings. The van der Waals surface area contributed by atoms with Gasteiger partial charge in [-0.3, -0.25) is 10.2 Å². The first-order valence-corrected chi connectivity index (χ1v) is 9.32. The lowest BCUT2D eigenvalue weighted by molar-refractivity contribution is 0.0449. The molecule has 0 spiro atoms. The van der Waals surface area contributed by atoms with Gasteiger partial charge in [0.05, 0.1) is 0 Å². The van der Waals surface area contributed by atoms with Gasteiger partial charge in [-0.15, -0.1) is 0 Å². The number of benzene rings is 1. The average molecular weight is 394 g/mol. The summed E-state index contributed by atoms with van der Waals surface area (Å²) in [6.07, 6.45) is 1.02. The highest BCUT2D eigenvalue weighted by molar-refractivity contribution is 6.31. The number of furan rings is 1. The quantitative estimate of drug-likeness (QED) is 0.830. The molecule has 1 aliphatic rings. The number of hydrogen-bond acceptors (Lipinski definition) is 5. The van der Waals surface area contributed by atoms with E-state index >= 15 is 0 Å². The van der Waals surface area contributed by atoms with Gasteiger partial charge in [0.2, 0.25) is 0 Å². The van der Waals surface area contributed by atoms with Crippen LogP contribution in [0, 0.1) is 0 Å². The van der Waals surface area contributed by atoms with Crippen LogP contribution in [0.2, 0.25) is 5.02 Å². The molecule has 27 heavy (non-hydrogen) atoms. The Bertz CT molecular complexity index is 835. The van der Waals surface area contributed by atoms with Crippen LogP contribution < -0.4 is 10.7 Å². The molecular weight excluding hydrogens is 370 g/mol. The van der Waals surface area contributed by atoms with E-state index in [1.165, 1.54) is 0 Å². The molecule has 0 saturated carbocycles. The first-order valence-electron chi connectivity index (χ1n) is 8.94. The fourth-order valence-corrected chi connectivity index (χ4v) is 3.12. The molecule has 0 aliphatic carbocycles. The van der Waals surface area contributed by atoms with Gasteiger partial charge in [-0.05, 0) is 57.9 Å². The lowest BCUT2D eigenvalue weighted by atomic mass is 10.1. The monoisotopic (exact) mass is 393 g/mol. The predicted octanol–water partition coefficient (Wildman–Crippen LogP) is 3.72. The van der Waals surface area contributed by atoms with Crippen molar-refractivity contribution in [3.8, 4) is 0 Å². The number of piperidine rings is 1. The number of amides is 2. The van der Waals surface area contributed by atoms with Crippen molar-refractivity contribution in [3.05, 3.63) is 35.0 Å². The lowest BCUT2D eigenvalue weighted by Gasteiger charge is -2.32. The number of rotatable bonds is 3. The Balaban J connectivity index is 1.49. The molecule has 146 valence electrons. The summed E-state index contributed by atoms with van der Waals surface area (Å²) in [6, 6.07) is 6.92. The van der Waals surface area contributed by atoms with Crippen molar-refractivity contribution >= 4 is 34.6 Å². The summed E-state index contributed by atoms with van der Waals surface area (Å²) in [4.78, 5) is 24.3. The Morgan fingerprint density at radius 2 is 1.93 bits per heavy atom.